The van der Waals surface area contributed by atoms with Gasteiger partial charge in [0.15, 0.2) is 0 Å². The summed E-state index contributed by atoms with van der Waals surface area (Å²) in [6.07, 6.45) is 6.19. The Morgan fingerprint density at radius 3 is 2.08 bits per heavy atom. The largest absolute Gasteiger partial charge is 0.326 e. The Morgan fingerprint density at radius 2 is 1.50 bits per heavy atom. The molecule has 1 aromatic carbocycles. The molecule has 0 aromatic heterocycles. The average Bonchev–Trinajstić information content (AvgIpc) is 2.59. The van der Waals surface area contributed by atoms with Crippen LogP contribution in [0.5, 0.6) is 0 Å². The molecule has 1 aromatic rings. The summed E-state index contributed by atoms with van der Waals surface area (Å²) in [4.78, 5) is 26.5. The van der Waals surface area contributed by atoms with Crippen LogP contribution in [0.1, 0.15) is 39.0 Å². The number of hydrogen-bond donors (Lipinski definition) is 3. The van der Waals surface area contributed by atoms with E-state index in [-0.39, 0.29) is 17.7 Å². The van der Waals surface area contributed by atoms with E-state index in [9.17, 15) is 9.59 Å². The number of rotatable bonds is 7. The van der Waals surface area contributed by atoms with Gasteiger partial charge in [-0.2, -0.15) is 0 Å². The summed E-state index contributed by atoms with van der Waals surface area (Å²) in [6, 6.07) is 7.28. The molecule has 6 nitrogen and oxygen atoms in total. The van der Waals surface area contributed by atoms with Crippen molar-refractivity contribution in [2.24, 2.45) is 5.92 Å². The van der Waals surface area contributed by atoms with Crippen molar-refractivity contribution in [2.75, 3.05) is 43.9 Å². The van der Waals surface area contributed by atoms with Gasteiger partial charge in [-0.3, -0.25) is 14.5 Å². The third kappa shape index (κ3) is 7.14. The smallest absolute Gasteiger partial charge is 0.238 e. The van der Waals surface area contributed by atoms with Gasteiger partial charge in [-0.15, -0.1) is 0 Å². The van der Waals surface area contributed by atoms with Crippen LogP contribution in [-0.4, -0.2) is 49.9 Å². The molecule has 3 N–H and O–H groups in total. The van der Waals surface area contributed by atoms with Crippen LogP contribution in [0.2, 0.25) is 0 Å². The zero-order valence-electron chi connectivity index (χ0n) is 16.0. The highest BCUT2D eigenvalue weighted by Crippen LogP contribution is 2.15. The molecule has 2 rings (SSSR count). The molecule has 1 fully saturated rings. The Hall–Kier alpha value is -1.92. The van der Waals surface area contributed by atoms with Gasteiger partial charge in [0, 0.05) is 23.8 Å². The van der Waals surface area contributed by atoms with Crippen LogP contribution in [0.3, 0.4) is 0 Å². The predicted molar refractivity (Wildman–Crippen MR) is 106 cm³/mol. The molecule has 0 saturated carbocycles. The van der Waals surface area contributed by atoms with Crippen molar-refractivity contribution in [2.45, 2.75) is 39.0 Å². The maximum absolute atomic E-state index is 12.3. The first-order valence-electron chi connectivity index (χ1n) is 9.66. The maximum Gasteiger partial charge on any atom is 0.238 e. The van der Waals surface area contributed by atoms with Gasteiger partial charge < -0.3 is 16.0 Å². The number of hydrogen-bond acceptors (Lipinski definition) is 4. The molecule has 1 aliphatic rings. The molecule has 0 bridgehead atoms. The summed E-state index contributed by atoms with van der Waals surface area (Å²) >= 11 is 0. The third-order valence-corrected chi connectivity index (χ3v) is 4.71. The SMILES string of the molecule is CNCC(C)C(=O)Nc1ccc(NC(=O)CN2CCCCCCC2)cc1. The standard InChI is InChI=1S/C20H32N4O2/c1-16(14-21-2)20(26)23-18-10-8-17(9-11-18)22-19(25)15-24-12-6-4-3-5-7-13-24/h8-11,16,21H,3-7,12-15H2,1-2H3,(H,22,25)(H,23,26). The molecule has 0 radical (unpaired) electrons. The van der Waals surface area contributed by atoms with Crippen LogP contribution in [0.4, 0.5) is 11.4 Å². The van der Waals surface area contributed by atoms with Crippen LogP contribution >= 0.6 is 0 Å². The Kier molecular flexibility index (Phi) is 8.58. The first-order valence-corrected chi connectivity index (χ1v) is 9.66. The first-order chi connectivity index (χ1) is 12.6. The fourth-order valence-corrected chi connectivity index (χ4v) is 3.18. The Balaban J connectivity index is 1.80. The van der Waals surface area contributed by atoms with Gasteiger partial charge in [0.1, 0.15) is 0 Å². The van der Waals surface area contributed by atoms with E-state index in [1.54, 1.807) is 0 Å². The van der Waals surface area contributed by atoms with E-state index in [2.05, 4.69) is 20.9 Å². The van der Waals surface area contributed by atoms with Gasteiger partial charge in [0.2, 0.25) is 11.8 Å². The number of nitrogens with zero attached hydrogens (tertiary/aromatic N) is 1. The fraction of sp³-hybridized carbons (Fsp3) is 0.600. The third-order valence-electron chi connectivity index (χ3n) is 4.71. The summed E-state index contributed by atoms with van der Waals surface area (Å²) in [6.45, 7) is 4.97. The molecule has 0 aliphatic carbocycles. The molecule has 1 saturated heterocycles. The number of anilines is 2. The van der Waals surface area contributed by atoms with E-state index in [1.807, 2.05) is 38.2 Å². The summed E-state index contributed by atoms with van der Waals surface area (Å²) in [5, 5.41) is 8.82. The van der Waals surface area contributed by atoms with Gasteiger partial charge in [-0.25, -0.2) is 0 Å². The summed E-state index contributed by atoms with van der Waals surface area (Å²) < 4.78 is 0. The van der Waals surface area contributed by atoms with Crippen molar-refractivity contribution >= 4 is 23.2 Å². The second-order valence-corrected chi connectivity index (χ2v) is 7.12. The minimum absolute atomic E-state index is 0.0185. The second-order valence-electron chi connectivity index (χ2n) is 7.12. The highest BCUT2D eigenvalue weighted by molar-refractivity contribution is 5.94. The van der Waals surface area contributed by atoms with Crippen molar-refractivity contribution in [1.82, 2.24) is 10.2 Å². The summed E-state index contributed by atoms with van der Waals surface area (Å²) in [5.74, 6) is -0.101. The second kappa shape index (κ2) is 10.9. The first kappa shape index (κ1) is 20.4. The lowest BCUT2D eigenvalue weighted by Crippen LogP contribution is -2.35. The maximum atomic E-state index is 12.3. The predicted octanol–water partition coefficient (Wildman–Crippen LogP) is 2.69. The summed E-state index contributed by atoms with van der Waals surface area (Å²) in [7, 11) is 1.83. The molecule has 1 aliphatic heterocycles. The Bertz CT molecular complexity index is 566. The lowest BCUT2D eigenvalue weighted by Gasteiger charge is -2.23. The number of carbonyl (C=O) groups is 2. The molecular weight excluding hydrogens is 328 g/mol. The minimum atomic E-state index is -0.0998. The van der Waals surface area contributed by atoms with Gasteiger partial charge in [0.05, 0.1) is 6.54 Å². The van der Waals surface area contributed by atoms with Gasteiger partial charge in [-0.05, 0) is 57.2 Å². The summed E-state index contributed by atoms with van der Waals surface area (Å²) in [5.41, 5.74) is 1.49. The highest BCUT2D eigenvalue weighted by atomic mass is 16.2. The van der Waals surface area contributed by atoms with Crippen LogP contribution in [0.25, 0.3) is 0 Å². The molecule has 2 amide bonds. The zero-order chi connectivity index (χ0) is 18.8. The number of likely N-dealkylation sites (tertiary alicyclic amines) is 1. The number of amides is 2. The topological polar surface area (TPSA) is 73.5 Å². The lowest BCUT2D eigenvalue weighted by molar-refractivity contribution is -0.119. The van der Waals surface area contributed by atoms with Crippen molar-refractivity contribution < 1.29 is 9.59 Å². The van der Waals surface area contributed by atoms with Crippen molar-refractivity contribution in [3.63, 3.8) is 0 Å². The number of nitrogens with one attached hydrogen (secondary N) is 3. The molecule has 1 atom stereocenters. The van der Waals surface area contributed by atoms with Crippen LogP contribution in [0, 0.1) is 5.92 Å². The van der Waals surface area contributed by atoms with Crippen LogP contribution in [-0.2, 0) is 9.59 Å². The van der Waals surface area contributed by atoms with Crippen molar-refractivity contribution in [1.29, 1.82) is 0 Å². The van der Waals surface area contributed by atoms with E-state index < -0.39 is 0 Å². The Labute approximate surface area is 156 Å². The minimum Gasteiger partial charge on any atom is -0.326 e. The fourth-order valence-electron chi connectivity index (χ4n) is 3.18. The quantitative estimate of drug-likeness (QED) is 0.699. The normalized spacial score (nSPS) is 17.0. The van der Waals surface area contributed by atoms with E-state index in [0.29, 0.717) is 13.1 Å². The van der Waals surface area contributed by atoms with Crippen LogP contribution < -0.4 is 16.0 Å². The van der Waals surface area contributed by atoms with Crippen molar-refractivity contribution in [3.8, 4) is 0 Å². The van der Waals surface area contributed by atoms with E-state index in [0.717, 1.165) is 24.5 Å². The van der Waals surface area contributed by atoms with E-state index in [4.69, 9.17) is 0 Å². The van der Waals surface area contributed by atoms with Gasteiger partial charge >= 0.3 is 0 Å². The molecular formula is C20H32N4O2. The van der Waals surface area contributed by atoms with E-state index in [1.165, 1.54) is 32.1 Å². The monoisotopic (exact) mass is 360 g/mol. The molecule has 144 valence electrons. The number of benzene rings is 1. The molecule has 6 heteroatoms. The average molecular weight is 361 g/mol. The highest BCUT2D eigenvalue weighted by Gasteiger charge is 2.13. The lowest BCUT2D eigenvalue weighted by atomic mass is 10.1. The molecule has 0 spiro atoms. The zero-order valence-corrected chi connectivity index (χ0v) is 16.0. The van der Waals surface area contributed by atoms with Gasteiger partial charge in [-0.1, -0.05) is 26.2 Å². The van der Waals surface area contributed by atoms with Crippen LogP contribution in [0.15, 0.2) is 24.3 Å². The Morgan fingerprint density at radius 1 is 0.962 bits per heavy atom. The number of carbonyl (C=O) groups excluding carboxylic acids is 2. The van der Waals surface area contributed by atoms with Crippen molar-refractivity contribution in [3.05, 3.63) is 24.3 Å². The van der Waals surface area contributed by atoms with Gasteiger partial charge in [0.25, 0.3) is 0 Å². The van der Waals surface area contributed by atoms with E-state index >= 15 is 0 Å². The molecule has 1 heterocycles. The molecule has 26 heavy (non-hydrogen) atoms. The molecule has 1 unspecified atom stereocenters.